The third kappa shape index (κ3) is 5.54. The molecular formula is C14H18FNOS. The Morgan fingerprint density at radius 2 is 2.17 bits per heavy atom. The fraction of sp³-hybridized carbons (Fsp3) is 0.429. The smallest absolute Gasteiger partial charge is 0.128 e. The van der Waals surface area contributed by atoms with E-state index in [1.54, 1.807) is 23.9 Å². The summed E-state index contributed by atoms with van der Waals surface area (Å²) in [5.41, 5.74) is 1.30. The third-order valence-corrected chi connectivity index (χ3v) is 3.29. The van der Waals surface area contributed by atoms with Gasteiger partial charge in [-0.15, -0.1) is 0 Å². The number of halogens is 1. The summed E-state index contributed by atoms with van der Waals surface area (Å²) in [6.07, 6.45) is 0. The molecule has 1 rings (SSSR count). The van der Waals surface area contributed by atoms with E-state index in [0.29, 0.717) is 16.9 Å². The lowest BCUT2D eigenvalue weighted by Crippen LogP contribution is -2.14. The first-order valence-electron chi connectivity index (χ1n) is 5.74. The first-order chi connectivity index (χ1) is 8.63. The minimum Gasteiger partial charge on any atom is -0.384 e. The van der Waals surface area contributed by atoms with E-state index in [0.717, 1.165) is 12.3 Å². The third-order valence-electron chi connectivity index (χ3n) is 2.31. The van der Waals surface area contributed by atoms with Crippen molar-refractivity contribution >= 4 is 11.8 Å². The van der Waals surface area contributed by atoms with E-state index in [1.807, 2.05) is 14.1 Å². The Morgan fingerprint density at radius 1 is 1.39 bits per heavy atom. The van der Waals surface area contributed by atoms with Gasteiger partial charge in [-0.25, -0.2) is 4.39 Å². The summed E-state index contributed by atoms with van der Waals surface area (Å²) < 4.78 is 13.7. The molecule has 0 unspecified atom stereocenters. The van der Waals surface area contributed by atoms with Gasteiger partial charge < -0.3 is 10.0 Å². The highest BCUT2D eigenvalue weighted by Crippen LogP contribution is 2.16. The maximum Gasteiger partial charge on any atom is 0.128 e. The zero-order valence-electron chi connectivity index (χ0n) is 10.7. The van der Waals surface area contributed by atoms with Crippen molar-refractivity contribution in [2.75, 3.05) is 33.0 Å². The zero-order valence-corrected chi connectivity index (χ0v) is 11.6. The molecule has 0 radical (unpaired) electrons. The molecule has 98 valence electrons. The molecule has 0 aliphatic carbocycles. The number of benzene rings is 1. The van der Waals surface area contributed by atoms with Gasteiger partial charge >= 0.3 is 0 Å². The number of thioether (sulfide) groups is 1. The van der Waals surface area contributed by atoms with Gasteiger partial charge in [-0.1, -0.05) is 17.9 Å². The number of hydrogen-bond donors (Lipinski definition) is 1. The quantitative estimate of drug-likeness (QED) is 0.652. The monoisotopic (exact) mass is 267 g/mol. The summed E-state index contributed by atoms with van der Waals surface area (Å²) in [6, 6.07) is 4.97. The average Bonchev–Trinajstić information content (AvgIpc) is 2.33. The summed E-state index contributed by atoms with van der Waals surface area (Å²) in [5.74, 6) is 6.63. The fourth-order valence-electron chi connectivity index (χ4n) is 1.31. The van der Waals surface area contributed by atoms with E-state index in [4.69, 9.17) is 5.11 Å². The van der Waals surface area contributed by atoms with Crippen molar-refractivity contribution in [2.45, 2.75) is 5.75 Å². The van der Waals surface area contributed by atoms with E-state index >= 15 is 0 Å². The van der Waals surface area contributed by atoms with Crippen molar-refractivity contribution in [1.82, 2.24) is 4.90 Å². The van der Waals surface area contributed by atoms with Crippen molar-refractivity contribution in [3.05, 3.63) is 35.1 Å². The topological polar surface area (TPSA) is 23.5 Å². The Hall–Kier alpha value is -1.02. The average molecular weight is 267 g/mol. The van der Waals surface area contributed by atoms with Crippen LogP contribution in [-0.2, 0) is 5.75 Å². The van der Waals surface area contributed by atoms with E-state index in [-0.39, 0.29) is 12.4 Å². The number of hydrogen-bond acceptors (Lipinski definition) is 3. The molecular weight excluding hydrogens is 249 g/mol. The van der Waals surface area contributed by atoms with Crippen LogP contribution in [0.3, 0.4) is 0 Å². The molecule has 1 N–H and O–H groups in total. The fourth-order valence-corrected chi connectivity index (χ4v) is 2.41. The molecule has 0 atom stereocenters. The van der Waals surface area contributed by atoms with Gasteiger partial charge in [0, 0.05) is 23.6 Å². The minimum absolute atomic E-state index is 0.205. The number of nitrogens with zero attached hydrogens (tertiary/aromatic N) is 1. The van der Waals surface area contributed by atoms with Gasteiger partial charge in [0.2, 0.25) is 0 Å². The number of aliphatic hydroxyl groups excluding tert-OH is 1. The molecule has 0 fully saturated rings. The maximum absolute atomic E-state index is 13.7. The predicted molar refractivity (Wildman–Crippen MR) is 75.1 cm³/mol. The summed E-state index contributed by atoms with van der Waals surface area (Å²) in [4.78, 5) is 2.11. The lowest BCUT2D eigenvalue weighted by Gasteiger charge is -2.09. The molecule has 0 heterocycles. The van der Waals surface area contributed by atoms with Gasteiger partial charge in [-0.2, -0.15) is 11.8 Å². The molecule has 1 aromatic carbocycles. The summed E-state index contributed by atoms with van der Waals surface area (Å²) in [5, 5.41) is 8.56. The van der Waals surface area contributed by atoms with Crippen LogP contribution in [0.25, 0.3) is 0 Å². The van der Waals surface area contributed by atoms with Crippen LogP contribution in [0, 0.1) is 17.7 Å². The van der Waals surface area contributed by atoms with Crippen LogP contribution in [0.15, 0.2) is 18.2 Å². The Bertz CT molecular complexity index is 437. The second-order valence-corrected chi connectivity index (χ2v) is 5.23. The Labute approximate surface area is 112 Å². The first kappa shape index (κ1) is 15.0. The van der Waals surface area contributed by atoms with Crippen LogP contribution < -0.4 is 0 Å². The standard InChI is InChI=1S/C14H18FNOS/c1-16(2)7-9-18-11-13-6-5-12(4-3-8-17)10-14(13)15/h5-6,10,17H,7-9,11H2,1-2H3. The highest BCUT2D eigenvalue weighted by atomic mass is 32.2. The highest BCUT2D eigenvalue weighted by Gasteiger charge is 2.03. The molecule has 18 heavy (non-hydrogen) atoms. The summed E-state index contributed by atoms with van der Waals surface area (Å²) in [7, 11) is 4.05. The SMILES string of the molecule is CN(C)CCSCc1ccc(C#CCO)cc1F. The molecule has 0 aromatic heterocycles. The molecule has 0 amide bonds. The van der Waals surface area contributed by atoms with Crippen molar-refractivity contribution in [1.29, 1.82) is 0 Å². The lowest BCUT2D eigenvalue weighted by molar-refractivity contribution is 0.350. The van der Waals surface area contributed by atoms with Crippen LogP contribution in [0.2, 0.25) is 0 Å². The van der Waals surface area contributed by atoms with Crippen molar-refractivity contribution in [3.8, 4) is 11.8 Å². The molecule has 4 heteroatoms. The normalized spacial score (nSPS) is 10.3. The van der Waals surface area contributed by atoms with Crippen LogP contribution in [0.5, 0.6) is 0 Å². The van der Waals surface area contributed by atoms with E-state index < -0.39 is 0 Å². The molecule has 0 aliphatic rings. The molecule has 2 nitrogen and oxygen atoms in total. The van der Waals surface area contributed by atoms with Gasteiger partial charge in [0.05, 0.1) is 0 Å². The van der Waals surface area contributed by atoms with Crippen molar-refractivity contribution in [3.63, 3.8) is 0 Å². The Balaban J connectivity index is 2.52. The molecule has 0 saturated heterocycles. The van der Waals surface area contributed by atoms with E-state index in [2.05, 4.69) is 16.7 Å². The van der Waals surface area contributed by atoms with Crippen molar-refractivity contribution in [2.24, 2.45) is 0 Å². The highest BCUT2D eigenvalue weighted by molar-refractivity contribution is 7.98. The number of aliphatic hydroxyl groups is 1. The summed E-state index contributed by atoms with van der Waals surface area (Å²) >= 11 is 1.71. The molecule has 0 aliphatic heterocycles. The second-order valence-electron chi connectivity index (χ2n) is 4.12. The van der Waals surface area contributed by atoms with Crippen LogP contribution in [-0.4, -0.2) is 43.0 Å². The zero-order chi connectivity index (χ0) is 13.4. The van der Waals surface area contributed by atoms with Crippen LogP contribution in [0.1, 0.15) is 11.1 Å². The van der Waals surface area contributed by atoms with Gasteiger partial charge in [0.25, 0.3) is 0 Å². The number of rotatable bonds is 5. The Morgan fingerprint density at radius 3 is 2.78 bits per heavy atom. The minimum atomic E-state index is -0.225. The second kappa shape index (κ2) is 8.15. The van der Waals surface area contributed by atoms with Crippen molar-refractivity contribution < 1.29 is 9.50 Å². The van der Waals surface area contributed by atoms with Gasteiger partial charge in [-0.05, 0) is 31.8 Å². The van der Waals surface area contributed by atoms with Gasteiger partial charge in [0.15, 0.2) is 0 Å². The maximum atomic E-state index is 13.7. The summed E-state index contributed by atoms with van der Waals surface area (Å²) in [6.45, 7) is 0.788. The van der Waals surface area contributed by atoms with E-state index in [1.165, 1.54) is 6.07 Å². The first-order valence-corrected chi connectivity index (χ1v) is 6.89. The predicted octanol–water partition coefficient (Wildman–Crippen LogP) is 1.96. The largest absolute Gasteiger partial charge is 0.384 e. The Kier molecular flexibility index (Phi) is 6.81. The van der Waals surface area contributed by atoms with E-state index in [9.17, 15) is 4.39 Å². The van der Waals surface area contributed by atoms with Gasteiger partial charge in [0.1, 0.15) is 12.4 Å². The van der Waals surface area contributed by atoms with Crippen LogP contribution in [0.4, 0.5) is 4.39 Å². The molecule has 0 saturated carbocycles. The van der Waals surface area contributed by atoms with Gasteiger partial charge in [-0.3, -0.25) is 0 Å². The molecule has 0 spiro atoms. The molecule has 1 aromatic rings. The lowest BCUT2D eigenvalue weighted by atomic mass is 10.1. The molecule has 0 bridgehead atoms. The van der Waals surface area contributed by atoms with Crippen LogP contribution >= 0.6 is 11.8 Å².